The minimum absolute atomic E-state index is 0.323. The van der Waals surface area contributed by atoms with Crippen molar-refractivity contribution in [1.82, 2.24) is 5.32 Å². The van der Waals surface area contributed by atoms with Crippen molar-refractivity contribution in [2.45, 2.75) is 13.0 Å². The monoisotopic (exact) mass is 252 g/mol. The number of hydrogen-bond donors (Lipinski definition) is 1. The zero-order chi connectivity index (χ0) is 13.7. The highest BCUT2D eigenvalue weighted by atomic mass is 16.5. The van der Waals surface area contributed by atoms with Gasteiger partial charge in [0, 0.05) is 6.04 Å². The molecule has 0 saturated carbocycles. The van der Waals surface area contributed by atoms with Crippen LogP contribution in [0.1, 0.15) is 24.1 Å². The van der Waals surface area contributed by atoms with Crippen molar-refractivity contribution in [1.29, 1.82) is 5.26 Å². The van der Waals surface area contributed by atoms with E-state index in [0.29, 0.717) is 11.6 Å². The van der Waals surface area contributed by atoms with Crippen LogP contribution in [0.2, 0.25) is 0 Å². The molecule has 96 valence electrons. The van der Waals surface area contributed by atoms with Gasteiger partial charge >= 0.3 is 0 Å². The number of benzene rings is 2. The van der Waals surface area contributed by atoms with Gasteiger partial charge in [0.1, 0.15) is 11.5 Å². The van der Waals surface area contributed by atoms with E-state index in [2.05, 4.69) is 18.3 Å². The number of nitriles is 1. The van der Waals surface area contributed by atoms with Gasteiger partial charge in [-0.05, 0) is 55.9 Å². The fourth-order valence-corrected chi connectivity index (χ4v) is 1.72. The molecular formula is C16H16N2O. The fraction of sp³-hybridized carbons (Fsp3) is 0.188. The van der Waals surface area contributed by atoms with E-state index in [1.54, 1.807) is 24.3 Å². The Morgan fingerprint density at radius 1 is 1.00 bits per heavy atom. The Bertz CT molecular complexity index is 567. The summed E-state index contributed by atoms with van der Waals surface area (Å²) < 4.78 is 5.72. The lowest BCUT2D eigenvalue weighted by Crippen LogP contribution is -2.11. The summed E-state index contributed by atoms with van der Waals surface area (Å²) in [5.74, 6) is 1.52. The van der Waals surface area contributed by atoms with E-state index in [1.807, 2.05) is 31.3 Å². The minimum atomic E-state index is 0.323. The highest BCUT2D eigenvalue weighted by molar-refractivity contribution is 5.38. The molecular weight excluding hydrogens is 236 g/mol. The van der Waals surface area contributed by atoms with Crippen LogP contribution in [0.25, 0.3) is 0 Å². The maximum atomic E-state index is 8.73. The second-order valence-electron chi connectivity index (χ2n) is 4.32. The summed E-state index contributed by atoms with van der Waals surface area (Å²) in [5.41, 5.74) is 1.85. The van der Waals surface area contributed by atoms with Crippen LogP contribution in [-0.2, 0) is 0 Å². The summed E-state index contributed by atoms with van der Waals surface area (Å²) in [6.45, 7) is 2.11. The van der Waals surface area contributed by atoms with Crippen molar-refractivity contribution in [2.24, 2.45) is 0 Å². The molecule has 3 nitrogen and oxygen atoms in total. The normalized spacial score (nSPS) is 11.6. The Morgan fingerprint density at radius 2 is 1.53 bits per heavy atom. The van der Waals surface area contributed by atoms with Gasteiger partial charge < -0.3 is 10.1 Å². The third kappa shape index (κ3) is 3.34. The van der Waals surface area contributed by atoms with Crippen molar-refractivity contribution < 1.29 is 4.74 Å². The van der Waals surface area contributed by atoms with Gasteiger partial charge in [0.15, 0.2) is 0 Å². The van der Waals surface area contributed by atoms with E-state index in [9.17, 15) is 0 Å². The maximum absolute atomic E-state index is 8.73. The molecule has 19 heavy (non-hydrogen) atoms. The van der Waals surface area contributed by atoms with Gasteiger partial charge in [0.2, 0.25) is 0 Å². The van der Waals surface area contributed by atoms with Gasteiger partial charge in [-0.3, -0.25) is 0 Å². The molecule has 3 heteroatoms. The molecule has 0 saturated heterocycles. The molecule has 2 aromatic carbocycles. The summed E-state index contributed by atoms with van der Waals surface area (Å²) in [6, 6.07) is 17.5. The highest BCUT2D eigenvalue weighted by Gasteiger charge is 2.03. The number of ether oxygens (including phenoxy) is 1. The van der Waals surface area contributed by atoms with Gasteiger partial charge in [-0.1, -0.05) is 12.1 Å². The fourth-order valence-electron chi connectivity index (χ4n) is 1.72. The van der Waals surface area contributed by atoms with Gasteiger partial charge in [-0.25, -0.2) is 0 Å². The molecule has 0 aliphatic heterocycles. The zero-order valence-electron chi connectivity index (χ0n) is 11.1. The predicted molar refractivity (Wildman–Crippen MR) is 75.1 cm³/mol. The highest BCUT2D eigenvalue weighted by Crippen LogP contribution is 2.23. The first-order valence-electron chi connectivity index (χ1n) is 6.18. The molecule has 2 rings (SSSR count). The molecule has 1 atom stereocenters. The molecule has 2 aromatic rings. The Kier molecular flexibility index (Phi) is 4.17. The third-order valence-corrected chi connectivity index (χ3v) is 3.03. The molecule has 0 bridgehead atoms. The number of nitrogens with one attached hydrogen (secondary N) is 1. The lowest BCUT2D eigenvalue weighted by Gasteiger charge is -2.11. The number of rotatable bonds is 4. The zero-order valence-corrected chi connectivity index (χ0v) is 11.1. The first kappa shape index (κ1) is 13.1. The third-order valence-electron chi connectivity index (χ3n) is 3.03. The second-order valence-corrected chi connectivity index (χ2v) is 4.32. The topological polar surface area (TPSA) is 45.0 Å². The molecule has 0 spiro atoms. The van der Waals surface area contributed by atoms with Crippen molar-refractivity contribution in [2.75, 3.05) is 7.05 Å². The lowest BCUT2D eigenvalue weighted by molar-refractivity contribution is 0.482. The van der Waals surface area contributed by atoms with Gasteiger partial charge in [-0.2, -0.15) is 5.26 Å². The lowest BCUT2D eigenvalue weighted by atomic mass is 10.1. The molecule has 1 N–H and O–H groups in total. The van der Waals surface area contributed by atoms with Crippen molar-refractivity contribution in [3.8, 4) is 17.6 Å². The van der Waals surface area contributed by atoms with Crippen LogP contribution in [0, 0.1) is 11.3 Å². The largest absolute Gasteiger partial charge is 0.457 e. The van der Waals surface area contributed by atoms with Crippen LogP contribution in [0.5, 0.6) is 11.5 Å². The predicted octanol–water partition coefficient (Wildman–Crippen LogP) is 3.63. The van der Waals surface area contributed by atoms with Crippen molar-refractivity contribution in [3.63, 3.8) is 0 Å². The average molecular weight is 252 g/mol. The number of nitrogens with zero attached hydrogens (tertiary/aromatic N) is 1. The Labute approximate surface area is 113 Å². The smallest absolute Gasteiger partial charge is 0.127 e. The Balaban J connectivity index is 2.08. The summed E-state index contributed by atoms with van der Waals surface area (Å²) in [5, 5.41) is 11.9. The van der Waals surface area contributed by atoms with E-state index < -0.39 is 0 Å². The summed E-state index contributed by atoms with van der Waals surface area (Å²) in [7, 11) is 1.94. The maximum Gasteiger partial charge on any atom is 0.127 e. The van der Waals surface area contributed by atoms with Crippen LogP contribution in [0.3, 0.4) is 0 Å². The van der Waals surface area contributed by atoms with E-state index in [1.165, 1.54) is 5.56 Å². The molecule has 0 radical (unpaired) electrons. The first-order chi connectivity index (χ1) is 9.22. The van der Waals surface area contributed by atoms with Crippen molar-refractivity contribution >= 4 is 0 Å². The molecule has 0 heterocycles. The second kappa shape index (κ2) is 6.03. The minimum Gasteiger partial charge on any atom is -0.457 e. The molecule has 1 unspecified atom stereocenters. The van der Waals surface area contributed by atoms with Gasteiger partial charge in [-0.15, -0.1) is 0 Å². The van der Waals surface area contributed by atoms with Crippen LogP contribution >= 0.6 is 0 Å². The Morgan fingerprint density at radius 3 is 2.00 bits per heavy atom. The SMILES string of the molecule is CNC(C)c1ccc(Oc2ccc(C#N)cc2)cc1. The Hall–Kier alpha value is -2.31. The van der Waals surface area contributed by atoms with Crippen LogP contribution in [0.15, 0.2) is 48.5 Å². The van der Waals surface area contributed by atoms with Crippen LogP contribution < -0.4 is 10.1 Å². The van der Waals surface area contributed by atoms with E-state index in [4.69, 9.17) is 10.00 Å². The quantitative estimate of drug-likeness (QED) is 0.903. The van der Waals surface area contributed by atoms with E-state index in [0.717, 1.165) is 11.5 Å². The summed E-state index contributed by atoms with van der Waals surface area (Å²) >= 11 is 0. The molecule has 0 aliphatic carbocycles. The summed E-state index contributed by atoms with van der Waals surface area (Å²) in [6.07, 6.45) is 0. The molecule has 0 aromatic heterocycles. The molecule has 0 aliphatic rings. The van der Waals surface area contributed by atoms with E-state index >= 15 is 0 Å². The van der Waals surface area contributed by atoms with Crippen molar-refractivity contribution in [3.05, 3.63) is 59.7 Å². The number of hydrogen-bond acceptors (Lipinski definition) is 3. The first-order valence-corrected chi connectivity index (χ1v) is 6.18. The molecule has 0 amide bonds. The van der Waals surface area contributed by atoms with Gasteiger partial charge in [0.25, 0.3) is 0 Å². The average Bonchev–Trinajstić information content (AvgIpc) is 2.48. The van der Waals surface area contributed by atoms with Gasteiger partial charge in [0.05, 0.1) is 11.6 Å². The van der Waals surface area contributed by atoms with E-state index in [-0.39, 0.29) is 0 Å². The summed E-state index contributed by atoms with van der Waals surface area (Å²) in [4.78, 5) is 0. The standard InChI is InChI=1S/C16H16N2O/c1-12(18-2)14-5-9-16(10-6-14)19-15-7-3-13(11-17)4-8-15/h3-10,12,18H,1-2H3. The van der Waals surface area contributed by atoms with Crippen LogP contribution in [0.4, 0.5) is 0 Å². The van der Waals surface area contributed by atoms with Crippen LogP contribution in [-0.4, -0.2) is 7.05 Å². The molecule has 0 fully saturated rings.